The Morgan fingerprint density at radius 3 is 1.91 bits per heavy atom. The van der Waals surface area contributed by atoms with Crippen molar-refractivity contribution in [2.24, 2.45) is 0 Å². The quantitative estimate of drug-likeness (QED) is 0.178. The average molecular weight is 634 g/mol. The number of aryl methyl sites for hydroxylation is 2. The molecule has 0 saturated heterocycles. The van der Waals surface area contributed by atoms with E-state index in [1.54, 1.807) is 24.3 Å². The van der Waals surface area contributed by atoms with Gasteiger partial charge in [0, 0.05) is 22.1 Å². The molecule has 0 aliphatic carbocycles. The second-order valence-corrected chi connectivity index (χ2v) is 14.0. The van der Waals surface area contributed by atoms with Crippen molar-refractivity contribution in [3.05, 3.63) is 118 Å². The lowest BCUT2D eigenvalue weighted by Gasteiger charge is -2.34. The third kappa shape index (κ3) is 5.92. The number of aromatic hydroxyl groups is 1. The molecule has 0 aliphatic rings. The van der Waals surface area contributed by atoms with Crippen LogP contribution in [0.1, 0.15) is 43.9 Å². The monoisotopic (exact) mass is 632 g/mol. The smallest absolute Gasteiger partial charge is 0.268 e. The molecule has 5 aromatic carbocycles. The van der Waals surface area contributed by atoms with Crippen molar-refractivity contribution in [3.63, 3.8) is 0 Å². The lowest BCUT2D eigenvalue weighted by atomic mass is 9.79. The largest absolute Gasteiger partial charge is 0.505 e. The van der Waals surface area contributed by atoms with Crippen molar-refractivity contribution in [2.45, 2.75) is 51.3 Å². The molecule has 0 saturated carbocycles. The normalized spacial score (nSPS) is 12.0. The molecule has 0 aliphatic heterocycles. The number of sulfonamides is 1. The highest BCUT2D eigenvalue weighted by atomic mass is 35.5. The standard InChI is InChI=1S/C35H34Cl2N2O3S/c1-6-35(4,5)29-21-32(38-24-15-11-22(2)12-16-24)27-9-7-8-10-28(27)33(29)39(25-19-30(36)34(40)31(37)20-25)43(41,42)26-17-13-23(3)14-18-26/h7-21,38,40H,6H2,1-5H3. The zero-order valence-corrected chi connectivity index (χ0v) is 27.1. The van der Waals surface area contributed by atoms with Gasteiger partial charge in [-0.05, 0) is 73.7 Å². The summed E-state index contributed by atoms with van der Waals surface area (Å²) in [4.78, 5) is 0.115. The van der Waals surface area contributed by atoms with Crippen LogP contribution < -0.4 is 9.62 Å². The first kappa shape index (κ1) is 30.7. The molecule has 0 spiro atoms. The fourth-order valence-corrected chi connectivity index (χ4v) is 7.04. The van der Waals surface area contributed by atoms with Crippen LogP contribution in [-0.2, 0) is 15.4 Å². The van der Waals surface area contributed by atoms with Crippen molar-refractivity contribution in [2.75, 3.05) is 9.62 Å². The number of halogens is 2. The molecule has 222 valence electrons. The Bertz CT molecular complexity index is 1900. The number of fused-ring (bicyclic) bond motifs is 1. The van der Waals surface area contributed by atoms with Crippen LogP contribution in [0.2, 0.25) is 10.0 Å². The van der Waals surface area contributed by atoms with Crippen LogP contribution in [0, 0.1) is 13.8 Å². The fourth-order valence-electron chi connectivity index (χ4n) is 5.05. The molecule has 0 radical (unpaired) electrons. The summed E-state index contributed by atoms with van der Waals surface area (Å²) in [6, 6.07) is 27.5. The number of anilines is 4. The summed E-state index contributed by atoms with van der Waals surface area (Å²) in [5.41, 5.74) is 4.95. The highest BCUT2D eigenvalue weighted by Gasteiger charge is 2.35. The van der Waals surface area contributed by atoms with Crippen LogP contribution in [0.15, 0.2) is 95.9 Å². The zero-order chi connectivity index (χ0) is 31.1. The van der Waals surface area contributed by atoms with Gasteiger partial charge in [0.1, 0.15) is 0 Å². The Balaban J connectivity index is 1.90. The van der Waals surface area contributed by atoms with Gasteiger partial charge in [0.25, 0.3) is 10.0 Å². The summed E-state index contributed by atoms with van der Waals surface area (Å²) in [5.74, 6) is -0.309. The van der Waals surface area contributed by atoms with Crippen LogP contribution in [-0.4, -0.2) is 13.5 Å². The second kappa shape index (κ2) is 11.8. The molecule has 0 bridgehead atoms. The van der Waals surface area contributed by atoms with Crippen molar-refractivity contribution < 1.29 is 13.5 Å². The van der Waals surface area contributed by atoms with E-state index in [9.17, 15) is 13.5 Å². The molecule has 2 N–H and O–H groups in total. The summed E-state index contributed by atoms with van der Waals surface area (Å²) in [6.45, 7) is 10.2. The minimum absolute atomic E-state index is 0.0510. The van der Waals surface area contributed by atoms with Gasteiger partial charge >= 0.3 is 0 Å². The van der Waals surface area contributed by atoms with E-state index in [0.29, 0.717) is 5.69 Å². The van der Waals surface area contributed by atoms with Crippen LogP contribution in [0.25, 0.3) is 10.8 Å². The molecule has 5 nitrogen and oxygen atoms in total. The first-order valence-corrected chi connectivity index (χ1v) is 16.2. The van der Waals surface area contributed by atoms with E-state index in [2.05, 4.69) is 26.1 Å². The lowest BCUT2D eigenvalue weighted by Crippen LogP contribution is -2.30. The first-order valence-electron chi connectivity index (χ1n) is 14.0. The van der Waals surface area contributed by atoms with Gasteiger partial charge in [-0.1, -0.05) is 104 Å². The lowest BCUT2D eigenvalue weighted by molar-refractivity contribution is 0.476. The Kier molecular flexibility index (Phi) is 8.41. The predicted molar refractivity (Wildman–Crippen MR) is 180 cm³/mol. The Labute approximate surface area is 263 Å². The number of nitrogens with zero attached hydrogens (tertiary/aromatic N) is 1. The number of phenols is 1. The van der Waals surface area contributed by atoms with Gasteiger partial charge in [-0.25, -0.2) is 12.7 Å². The van der Waals surface area contributed by atoms with Gasteiger partial charge in [-0.15, -0.1) is 0 Å². The molecule has 0 unspecified atom stereocenters. The molecule has 0 atom stereocenters. The van der Waals surface area contributed by atoms with Gasteiger partial charge in [-0.2, -0.15) is 0 Å². The number of benzene rings is 5. The van der Waals surface area contributed by atoms with Crippen molar-refractivity contribution in [1.29, 1.82) is 0 Å². The van der Waals surface area contributed by atoms with E-state index in [1.165, 1.54) is 16.4 Å². The SMILES string of the molecule is CCC(C)(C)c1cc(Nc2ccc(C)cc2)c2ccccc2c1N(c1cc(Cl)c(O)c(Cl)c1)S(=O)(=O)c1ccc(C)cc1. The number of phenolic OH excluding ortho intramolecular Hbond substituents is 1. The average Bonchev–Trinajstić information content (AvgIpc) is 2.98. The highest BCUT2D eigenvalue weighted by Crippen LogP contribution is 2.49. The summed E-state index contributed by atoms with van der Waals surface area (Å²) in [7, 11) is -4.22. The van der Waals surface area contributed by atoms with E-state index < -0.39 is 15.4 Å². The molecule has 0 aromatic heterocycles. The maximum Gasteiger partial charge on any atom is 0.268 e. The maximum atomic E-state index is 14.7. The van der Waals surface area contributed by atoms with Gasteiger partial charge in [0.15, 0.2) is 5.75 Å². The Hall–Kier alpha value is -3.71. The van der Waals surface area contributed by atoms with Crippen molar-refractivity contribution in [3.8, 4) is 5.75 Å². The molecule has 0 amide bonds. The summed E-state index contributed by atoms with van der Waals surface area (Å²) in [6.07, 6.45) is 0.734. The Morgan fingerprint density at radius 2 is 1.35 bits per heavy atom. The van der Waals surface area contributed by atoms with Crippen LogP contribution in [0.4, 0.5) is 22.7 Å². The molecule has 43 heavy (non-hydrogen) atoms. The first-order chi connectivity index (χ1) is 20.3. The van der Waals surface area contributed by atoms with Crippen molar-refractivity contribution >= 4 is 66.7 Å². The maximum absolute atomic E-state index is 14.7. The minimum Gasteiger partial charge on any atom is -0.505 e. The molecule has 5 rings (SSSR count). The highest BCUT2D eigenvalue weighted by molar-refractivity contribution is 7.93. The predicted octanol–water partition coefficient (Wildman–Crippen LogP) is 10.4. The minimum atomic E-state index is -4.22. The van der Waals surface area contributed by atoms with E-state index in [4.69, 9.17) is 23.2 Å². The molecular weight excluding hydrogens is 599 g/mol. The number of nitrogens with one attached hydrogen (secondary N) is 1. The third-order valence-corrected chi connectivity index (χ3v) is 10.3. The summed E-state index contributed by atoms with van der Waals surface area (Å²) >= 11 is 12.8. The van der Waals surface area contributed by atoms with Gasteiger partial charge < -0.3 is 10.4 Å². The molecule has 0 fully saturated rings. The van der Waals surface area contributed by atoms with E-state index >= 15 is 0 Å². The van der Waals surface area contributed by atoms with E-state index in [0.717, 1.165) is 45.3 Å². The number of rotatable bonds is 8. The van der Waals surface area contributed by atoms with E-state index in [1.807, 2.05) is 68.4 Å². The van der Waals surface area contributed by atoms with Gasteiger partial charge in [0.05, 0.1) is 26.3 Å². The molecule has 5 aromatic rings. The fraction of sp³-hybridized carbons (Fsp3) is 0.200. The third-order valence-electron chi connectivity index (χ3n) is 7.96. The number of hydrogen-bond donors (Lipinski definition) is 2. The molecular formula is C35H34Cl2N2O3S. The zero-order valence-electron chi connectivity index (χ0n) is 24.7. The summed E-state index contributed by atoms with van der Waals surface area (Å²) < 4.78 is 30.8. The molecule has 0 heterocycles. The van der Waals surface area contributed by atoms with Gasteiger partial charge in [0.2, 0.25) is 0 Å². The van der Waals surface area contributed by atoms with Crippen LogP contribution in [0.5, 0.6) is 5.75 Å². The molecule has 8 heteroatoms. The topological polar surface area (TPSA) is 69.6 Å². The van der Waals surface area contributed by atoms with Crippen LogP contribution >= 0.6 is 23.2 Å². The summed E-state index contributed by atoms with van der Waals surface area (Å²) in [5, 5.41) is 15.4. The Morgan fingerprint density at radius 1 is 0.814 bits per heavy atom. The van der Waals surface area contributed by atoms with Crippen LogP contribution in [0.3, 0.4) is 0 Å². The number of hydrogen-bond acceptors (Lipinski definition) is 4. The van der Waals surface area contributed by atoms with Crippen molar-refractivity contribution in [1.82, 2.24) is 0 Å². The van der Waals surface area contributed by atoms with E-state index in [-0.39, 0.29) is 26.4 Å². The second-order valence-electron chi connectivity index (χ2n) is 11.4. The van der Waals surface area contributed by atoms with Gasteiger partial charge in [-0.3, -0.25) is 0 Å².